The van der Waals surface area contributed by atoms with E-state index in [1.165, 1.54) is 6.07 Å². The molecule has 120 valence electrons. The SMILES string of the molecule is CC(=NNc1ccccc1[N+](=O)[O-])c1ccc2ccccc2c1O. The Bertz CT molecular complexity index is 951. The summed E-state index contributed by atoms with van der Waals surface area (Å²) in [5, 5.41) is 27.3. The van der Waals surface area contributed by atoms with Crippen LogP contribution in [0.2, 0.25) is 0 Å². The maximum absolute atomic E-state index is 11.0. The van der Waals surface area contributed by atoms with Crippen molar-refractivity contribution in [2.75, 3.05) is 5.43 Å². The lowest BCUT2D eigenvalue weighted by molar-refractivity contribution is -0.384. The Kier molecular flexibility index (Phi) is 4.11. The van der Waals surface area contributed by atoms with Gasteiger partial charge >= 0.3 is 0 Å². The highest BCUT2D eigenvalue weighted by Crippen LogP contribution is 2.29. The fraction of sp³-hybridized carbons (Fsp3) is 0.0556. The number of anilines is 1. The van der Waals surface area contributed by atoms with E-state index in [0.717, 1.165) is 10.8 Å². The van der Waals surface area contributed by atoms with Gasteiger partial charge in [-0.1, -0.05) is 42.5 Å². The van der Waals surface area contributed by atoms with Crippen LogP contribution in [-0.4, -0.2) is 15.7 Å². The van der Waals surface area contributed by atoms with E-state index in [1.807, 2.05) is 30.3 Å². The van der Waals surface area contributed by atoms with E-state index in [1.54, 1.807) is 31.2 Å². The topological polar surface area (TPSA) is 87.8 Å². The van der Waals surface area contributed by atoms with Gasteiger partial charge < -0.3 is 5.11 Å². The number of rotatable bonds is 4. The van der Waals surface area contributed by atoms with E-state index in [-0.39, 0.29) is 11.4 Å². The van der Waals surface area contributed by atoms with E-state index < -0.39 is 4.92 Å². The van der Waals surface area contributed by atoms with Crippen molar-refractivity contribution in [3.05, 3.63) is 76.3 Å². The number of aromatic hydroxyl groups is 1. The number of phenols is 1. The van der Waals surface area contributed by atoms with Gasteiger partial charge in [0.1, 0.15) is 11.4 Å². The molecule has 0 spiro atoms. The number of nitro groups is 1. The summed E-state index contributed by atoms with van der Waals surface area (Å²) in [5.74, 6) is 0.138. The van der Waals surface area contributed by atoms with Gasteiger partial charge in [0.15, 0.2) is 0 Å². The predicted octanol–water partition coefficient (Wildman–Crippen LogP) is 4.29. The van der Waals surface area contributed by atoms with Crippen LogP contribution in [0.4, 0.5) is 11.4 Å². The number of hydrogen-bond donors (Lipinski definition) is 2. The van der Waals surface area contributed by atoms with Gasteiger partial charge in [-0.3, -0.25) is 15.5 Å². The Morgan fingerprint density at radius 3 is 2.58 bits per heavy atom. The maximum atomic E-state index is 11.0. The zero-order chi connectivity index (χ0) is 17.1. The molecule has 6 nitrogen and oxygen atoms in total. The lowest BCUT2D eigenvalue weighted by Crippen LogP contribution is -2.02. The van der Waals surface area contributed by atoms with Crippen LogP contribution in [0.15, 0.2) is 65.8 Å². The standard InChI is InChI=1S/C18H15N3O3/c1-12(19-20-16-8-4-5-9-17(16)21(23)24)14-11-10-13-6-2-3-7-15(13)18(14)22/h2-11,20,22H,1H3. The monoisotopic (exact) mass is 321 g/mol. The lowest BCUT2D eigenvalue weighted by atomic mass is 10.0. The van der Waals surface area contributed by atoms with Gasteiger partial charge in [0.2, 0.25) is 0 Å². The number of hydrogen-bond acceptors (Lipinski definition) is 5. The highest BCUT2D eigenvalue weighted by atomic mass is 16.6. The van der Waals surface area contributed by atoms with Crippen molar-refractivity contribution in [2.45, 2.75) is 6.92 Å². The third-order valence-corrected chi connectivity index (χ3v) is 3.74. The number of benzene rings is 3. The van der Waals surface area contributed by atoms with E-state index >= 15 is 0 Å². The smallest absolute Gasteiger partial charge is 0.294 e. The van der Waals surface area contributed by atoms with Crippen LogP contribution < -0.4 is 5.43 Å². The van der Waals surface area contributed by atoms with Crippen molar-refractivity contribution >= 4 is 27.9 Å². The summed E-state index contributed by atoms with van der Waals surface area (Å²) in [6.07, 6.45) is 0. The predicted molar refractivity (Wildman–Crippen MR) is 94.5 cm³/mol. The molecule has 0 atom stereocenters. The molecular formula is C18H15N3O3. The fourth-order valence-corrected chi connectivity index (χ4v) is 2.48. The summed E-state index contributed by atoms with van der Waals surface area (Å²) in [7, 11) is 0. The molecule has 0 saturated carbocycles. The molecule has 0 aliphatic heterocycles. The van der Waals surface area contributed by atoms with Gasteiger partial charge in [0, 0.05) is 17.0 Å². The Balaban J connectivity index is 1.95. The zero-order valence-corrected chi connectivity index (χ0v) is 12.9. The normalized spacial score (nSPS) is 11.5. The van der Waals surface area contributed by atoms with E-state index in [2.05, 4.69) is 10.5 Å². The molecule has 0 unspecified atom stereocenters. The molecule has 3 rings (SSSR count). The van der Waals surface area contributed by atoms with Crippen molar-refractivity contribution in [3.63, 3.8) is 0 Å². The lowest BCUT2D eigenvalue weighted by Gasteiger charge is -2.08. The van der Waals surface area contributed by atoms with E-state index in [9.17, 15) is 15.2 Å². The second-order valence-corrected chi connectivity index (χ2v) is 5.27. The molecule has 3 aromatic rings. The summed E-state index contributed by atoms with van der Waals surface area (Å²) in [4.78, 5) is 10.5. The molecule has 0 heterocycles. The molecule has 6 heteroatoms. The molecule has 0 fully saturated rings. The summed E-state index contributed by atoms with van der Waals surface area (Å²) >= 11 is 0. The second-order valence-electron chi connectivity index (χ2n) is 5.27. The fourth-order valence-electron chi connectivity index (χ4n) is 2.48. The Morgan fingerprint density at radius 1 is 1.08 bits per heavy atom. The van der Waals surface area contributed by atoms with Crippen LogP contribution in [0.25, 0.3) is 10.8 Å². The van der Waals surface area contributed by atoms with Gasteiger partial charge in [-0.05, 0) is 24.4 Å². The van der Waals surface area contributed by atoms with Crippen molar-refractivity contribution in [3.8, 4) is 5.75 Å². The zero-order valence-electron chi connectivity index (χ0n) is 12.9. The Labute approximate surface area is 138 Å². The number of nitrogens with zero attached hydrogens (tertiary/aromatic N) is 2. The number of nitro benzene ring substituents is 1. The van der Waals surface area contributed by atoms with Crippen molar-refractivity contribution in [1.29, 1.82) is 0 Å². The molecule has 0 amide bonds. The third kappa shape index (κ3) is 2.89. The van der Waals surface area contributed by atoms with Crippen molar-refractivity contribution in [1.82, 2.24) is 0 Å². The first kappa shape index (κ1) is 15.5. The average Bonchev–Trinajstić information content (AvgIpc) is 2.60. The first-order valence-electron chi connectivity index (χ1n) is 7.32. The molecule has 3 aromatic carbocycles. The van der Waals surface area contributed by atoms with Crippen LogP contribution in [0.3, 0.4) is 0 Å². The van der Waals surface area contributed by atoms with Gasteiger partial charge in [-0.15, -0.1) is 0 Å². The number of para-hydroxylation sites is 2. The molecule has 0 bridgehead atoms. The second kappa shape index (κ2) is 6.37. The van der Waals surface area contributed by atoms with E-state index in [4.69, 9.17) is 0 Å². The summed E-state index contributed by atoms with van der Waals surface area (Å²) in [6, 6.07) is 17.4. The van der Waals surface area contributed by atoms with Crippen LogP contribution in [0, 0.1) is 10.1 Å². The molecule has 0 radical (unpaired) electrons. The van der Waals surface area contributed by atoms with Gasteiger partial charge in [0.25, 0.3) is 5.69 Å². The number of phenolic OH excluding ortho intramolecular Hbond substituents is 1. The molecular weight excluding hydrogens is 306 g/mol. The number of fused-ring (bicyclic) bond motifs is 1. The quantitative estimate of drug-likeness (QED) is 0.426. The molecule has 0 aliphatic rings. The minimum Gasteiger partial charge on any atom is -0.507 e. The van der Waals surface area contributed by atoms with Gasteiger partial charge in [0.05, 0.1) is 10.6 Å². The molecule has 0 aliphatic carbocycles. The third-order valence-electron chi connectivity index (χ3n) is 3.74. The van der Waals surface area contributed by atoms with E-state index in [0.29, 0.717) is 17.0 Å². The van der Waals surface area contributed by atoms with Gasteiger partial charge in [-0.25, -0.2) is 0 Å². The average molecular weight is 321 g/mol. The van der Waals surface area contributed by atoms with Crippen LogP contribution in [-0.2, 0) is 0 Å². The van der Waals surface area contributed by atoms with Crippen LogP contribution >= 0.6 is 0 Å². The van der Waals surface area contributed by atoms with Crippen molar-refractivity contribution < 1.29 is 10.0 Å². The highest BCUT2D eigenvalue weighted by Gasteiger charge is 2.12. The molecule has 0 saturated heterocycles. The summed E-state index contributed by atoms with van der Waals surface area (Å²) < 4.78 is 0. The van der Waals surface area contributed by atoms with Crippen molar-refractivity contribution in [2.24, 2.45) is 5.10 Å². The molecule has 24 heavy (non-hydrogen) atoms. The first-order valence-corrected chi connectivity index (χ1v) is 7.32. The molecule has 0 aromatic heterocycles. The largest absolute Gasteiger partial charge is 0.507 e. The maximum Gasteiger partial charge on any atom is 0.294 e. The Morgan fingerprint density at radius 2 is 1.79 bits per heavy atom. The minimum absolute atomic E-state index is 0.0585. The number of nitrogens with one attached hydrogen (secondary N) is 1. The van der Waals surface area contributed by atoms with Crippen LogP contribution in [0.1, 0.15) is 12.5 Å². The summed E-state index contributed by atoms with van der Waals surface area (Å²) in [6.45, 7) is 1.73. The number of hydrazone groups is 1. The van der Waals surface area contributed by atoms with Gasteiger partial charge in [-0.2, -0.15) is 5.10 Å². The summed E-state index contributed by atoms with van der Waals surface area (Å²) in [5.41, 5.74) is 4.03. The van der Waals surface area contributed by atoms with Crippen LogP contribution in [0.5, 0.6) is 5.75 Å². The highest BCUT2D eigenvalue weighted by molar-refractivity contribution is 6.06. The Hall–Kier alpha value is -3.41. The minimum atomic E-state index is -0.472. The molecule has 2 N–H and O–H groups in total. The first-order chi connectivity index (χ1) is 11.6.